The van der Waals surface area contributed by atoms with Crippen LogP contribution < -0.4 is 14.8 Å². The van der Waals surface area contributed by atoms with Gasteiger partial charge in [-0.1, -0.05) is 38.1 Å². The van der Waals surface area contributed by atoms with E-state index in [0.29, 0.717) is 5.75 Å². The molecule has 0 saturated heterocycles. The molecule has 0 atom stereocenters. The van der Waals surface area contributed by atoms with Crippen LogP contribution in [0, 0.1) is 6.92 Å². The van der Waals surface area contributed by atoms with Crippen LogP contribution in [0.25, 0.3) is 0 Å². The standard InChI is InChI=1S/C20H22F3NO3/c1-13(2)15-9-8-14(3)10-18(15)26-11-19(25)24-16-6-4-5-7-17(16)27-12-20(21,22)23/h4-10,13H,11-12H2,1-3H3,(H,24,25). The van der Waals surface area contributed by atoms with Crippen molar-refractivity contribution in [2.75, 3.05) is 18.5 Å². The van der Waals surface area contributed by atoms with Crippen molar-refractivity contribution in [2.45, 2.75) is 32.9 Å². The Balaban J connectivity index is 2.02. The third-order valence-corrected chi connectivity index (χ3v) is 3.70. The van der Waals surface area contributed by atoms with E-state index in [1.54, 1.807) is 6.07 Å². The van der Waals surface area contributed by atoms with Gasteiger partial charge in [0.2, 0.25) is 0 Å². The number of ether oxygens (including phenoxy) is 2. The summed E-state index contributed by atoms with van der Waals surface area (Å²) >= 11 is 0. The molecular formula is C20H22F3NO3. The molecule has 0 spiro atoms. The van der Waals surface area contributed by atoms with Gasteiger partial charge < -0.3 is 14.8 Å². The molecule has 0 aliphatic heterocycles. The van der Waals surface area contributed by atoms with Crippen LogP contribution in [0.1, 0.15) is 30.9 Å². The Morgan fingerprint density at radius 1 is 1.07 bits per heavy atom. The molecule has 0 bridgehead atoms. The van der Waals surface area contributed by atoms with Gasteiger partial charge in [-0.3, -0.25) is 4.79 Å². The minimum Gasteiger partial charge on any atom is -0.483 e. The first-order valence-electron chi connectivity index (χ1n) is 8.47. The molecule has 4 nitrogen and oxygen atoms in total. The van der Waals surface area contributed by atoms with Crippen LogP contribution in [0.4, 0.5) is 18.9 Å². The number of benzene rings is 2. The van der Waals surface area contributed by atoms with Crippen LogP contribution in [0.2, 0.25) is 0 Å². The first-order chi connectivity index (χ1) is 12.7. The molecular weight excluding hydrogens is 359 g/mol. The molecule has 1 amide bonds. The van der Waals surface area contributed by atoms with Gasteiger partial charge in [0.25, 0.3) is 5.91 Å². The van der Waals surface area contributed by atoms with E-state index in [1.807, 2.05) is 39.0 Å². The highest BCUT2D eigenvalue weighted by Crippen LogP contribution is 2.28. The van der Waals surface area contributed by atoms with Crippen LogP contribution in [0.15, 0.2) is 42.5 Å². The Bertz CT molecular complexity index is 788. The van der Waals surface area contributed by atoms with Gasteiger partial charge in [-0.05, 0) is 42.2 Å². The number of aryl methyl sites for hydroxylation is 1. The number of carbonyl (C=O) groups excluding carboxylic acids is 1. The number of nitrogens with one attached hydrogen (secondary N) is 1. The number of para-hydroxylation sites is 2. The van der Waals surface area contributed by atoms with Crippen molar-refractivity contribution >= 4 is 11.6 Å². The molecule has 2 aromatic rings. The van der Waals surface area contributed by atoms with E-state index in [0.717, 1.165) is 11.1 Å². The van der Waals surface area contributed by atoms with Gasteiger partial charge in [0, 0.05) is 0 Å². The van der Waals surface area contributed by atoms with Gasteiger partial charge in [0.1, 0.15) is 11.5 Å². The van der Waals surface area contributed by atoms with Gasteiger partial charge in [-0.25, -0.2) is 0 Å². The van der Waals surface area contributed by atoms with Crippen molar-refractivity contribution in [3.63, 3.8) is 0 Å². The Kier molecular flexibility index (Phi) is 6.71. The van der Waals surface area contributed by atoms with Crippen LogP contribution >= 0.6 is 0 Å². The second kappa shape index (κ2) is 8.79. The monoisotopic (exact) mass is 381 g/mol. The summed E-state index contributed by atoms with van der Waals surface area (Å²) < 4.78 is 47.4. The number of halogens is 3. The fourth-order valence-corrected chi connectivity index (χ4v) is 2.43. The number of rotatable bonds is 7. The SMILES string of the molecule is Cc1ccc(C(C)C)c(OCC(=O)Nc2ccccc2OCC(F)(F)F)c1. The fourth-order valence-electron chi connectivity index (χ4n) is 2.43. The summed E-state index contributed by atoms with van der Waals surface area (Å²) in [7, 11) is 0. The number of hydrogen-bond acceptors (Lipinski definition) is 3. The number of amides is 1. The van der Waals surface area contributed by atoms with Gasteiger partial charge >= 0.3 is 6.18 Å². The molecule has 2 aromatic carbocycles. The predicted octanol–water partition coefficient (Wildman–Crippen LogP) is 5.08. The molecule has 0 fully saturated rings. The molecule has 0 aliphatic carbocycles. The maximum Gasteiger partial charge on any atom is 0.422 e. The van der Waals surface area contributed by atoms with Crippen molar-refractivity contribution in [2.24, 2.45) is 0 Å². The quantitative estimate of drug-likeness (QED) is 0.728. The molecule has 1 N–H and O–H groups in total. The Hall–Kier alpha value is -2.70. The highest BCUT2D eigenvalue weighted by molar-refractivity contribution is 5.93. The molecule has 0 heterocycles. The summed E-state index contributed by atoms with van der Waals surface area (Å²) in [6.45, 7) is 4.26. The van der Waals surface area contributed by atoms with E-state index >= 15 is 0 Å². The molecule has 0 aromatic heterocycles. The van der Waals surface area contributed by atoms with Crippen LogP contribution in [-0.2, 0) is 4.79 Å². The summed E-state index contributed by atoms with van der Waals surface area (Å²) in [5.74, 6) is 0.290. The normalized spacial score (nSPS) is 11.4. The first kappa shape index (κ1) is 20.6. The van der Waals surface area contributed by atoms with E-state index in [4.69, 9.17) is 9.47 Å². The van der Waals surface area contributed by atoms with Crippen LogP contribution in [-0.4, -0.2) is 25.3 Å². The number of anilines is 1. The van der Waals surface area contributed by atoms with E-state index < -0.39 is 18.7 Å². The summed E-state index contributed by atoms with van der Waals surface area (Å²) in [6, 6.07) is 11.7. The van der Waals surface area contributed by atoms with Crippen molar-refractivity contribution in [1.29, 1.82) is 0 Å². The molecule has 0 aliphatic rings. The van der Waals surface area contributed by atoms with E-state index in [-0.39, 0.29) is 24.0 Å². The molecule has 0 unspecified atom stereocenters. The predicted molar refractivity (Wildman–Crippen MR) is 97.4 cm³/mol. The van der Waals surface area contributed by atoms with Gasteiger partial charge in [-0.2, -0.15) is 13.2 Å². The first-order valence-corrected chi connectivity index (χ1v) is 8.47. The Morgan fingerprint density at radius 3 is 2.44 bits per heavy atom. The van der Waals surface area contributed by atoms with Crippen molar-refractivity contribution in [3.8, 4) is 11.5 Å². The number of alkyl halides is 3. The molecule has 146 valence electrons. The zero-order chi connectivity index (χ0) is 20.0. The zero-order valence-corrected chi connectivity index (χ0v) is 15.4. The van der Waals surface area contributed by atoms with Crippen molar-refractivity contribution in [3.05, 3.63) is 53.6 Å². The van der Waals surface area contributed by atoms with E-state index in [2.05, 4.69) is 5.32 Å². The van der Waals surface area contributed by atoms with E-state index in [9.17, 15) is 18.0 Å². The lowest BCUT2D eigenvalue weighted by molar-refractivity contribution is -0.153. The second-order valence-electron chi connectivity index (χ2n) is 6.43. The van der Waals surface area contributed by atoms with Crippen molar-refractivity contribution < 1.29 is 27.4 Å². The number of carbonyl (C=O) groups is 1. The molecule has 7 heteroatoms. The van der Waals surface area contributed by atoms with E-state index in [1.165, 1.54) is 18.2 Å². The molecule has 2 rings (SSSR count). The topological polar surface area (TPSA) is 47.6 Å². The van der Waals surface area contributed by atoms with Crippen LogP contribution in [0.3, 0.4) is 0 Å². The van der Waals surface area contributed by atoms with Gasteiger partial charge in [-0.15, -0.1) is 0 Å². The Morgan fingerprint density at radius 2 is 1.78 bits per heavy atom. The maximum absolute atomic E-state index is 12.3. The molecule has 27 heavy (non-hydrogen) atoms. The fraction of sp³-hybridized carbons (Fsp3) is 0.350. The number of hydrogen-bond donors (Lipinski definition) is 1. The minimum absolute atomic E-state index is 0.0541. The van der Waals surface area contributed by atoms with Crippen molar-refractivity contribution in [1.82, 2.24) is 0 Å². The minimum atomic E-state index is -4.46. The lowest BCUT2D eigenvalue weighted by atomic mass is 10.0. The lowest BCUT2D eigenvalue weighted by Crippen LogP contribution is -2.22. The lowest BCUT2D eigenvalue weighted by Gasteiger charge is -2.16. The Labute approximate surface area is 156 Å². The van der Waals surface area contributed by atoms with Gasteiger partial charge in [0.05, 0.1) is 5.69 Å². The summed E-state index contributed by atoms with van der Waals surface area (Å²) in [6.07, 6.45) is -4.46. The summed E-state index contributed by atoms with van der Waals surface area (Å²) in [4.78, 5) is 12.2. The maximum atomic E-state index is 12.3. The summed E-state index contributed by atoms with van der Waals surface area (Å²) in [5, 5.41) is 2.52. The highest BCUT2D eigenvalue weighted by Gasteiger charge is 2.28. The summed E-state index contributed by atoms with van der Waals surface area (Å²) in [5.41, 5.74) is 2.13. The van der Waals surface area contributed by atoms with Crippen LogP contribution in [0.5, 0.6) is 11.5 Å². The molecule has 0 saturated carbocycles. The zero-order valence-electron chi connectivity index (χ0n) is 15.4. The average Bonchev–Trinajstić information content (AvgIpc) is 2.58. The average molecular weight is 381 g/mol. The third kappa shape index (κ3) is 6.51. The second-order valence-corrected chi connectivity index (χ2v) is 6.43. The van der Waals surface area contributed by atoms with Gasteiger partial charge in [0.15, 0.2) is 13.2 Å². The highest BCUT2D eigenvalue weighted by atomic mass is 19.4. The third-order valence-electron chi connectivity index (χ3n) is 3.70. The smallest absolute Gasteiger partial charge is 0.422 e. The molecule has 0 radical (unpaired) electrons. The largest absolute Gasteiger partial charge is 0.483 e.